The topological polar surface area (TPSA) is 153 Å². The number of aliphatic carboxylic acids is 1. The number of nitrogens with two attached hydrogens (primary N) is 3. The molecule has 21 heavy (non-hydrogen) atoms. The molecule has 7 heteroatoms. The predicted octanol–water partition coefficient (Wildman–Crippen LogP) is -0.584. The second kappa shape index (κ2) is 8.48. The molecule has 0 heterocycles. The summed E-state index contributed by atoms with van der Waals surface area (Å²) in [4.78, 5) is 21.6. The van der Waals surface area contributed by atoms with Gasteiger partial charge in [-0.2, -0.15) is 0 Å². The molecule has 1 rings (SSSR count). The van der Waals surface area contributed by atoms with Crippen molar-refractivity contribution in [1.82, 2.24) is 0 Å². The molecule has 0 radical (unpaired) electrons. The number of carbonyl (C=O) groups is 2. The fourth-order valence-electron chi connectivity index (χ4n) is 1.40. The molecule has 1 aromatic carbocycles. The molecule has 0 bridgehead atoms. The van der Waals surface area contributed by atoms with E-state index in [2.05, 4.69) is 0 Å². The van der Waals surface area contributed by atoms with Gasteiger partial charge in [-0.3, -0.25) is 4.79 Å². The molecule has 0 aliphatic heterocycles. The van der Waals surface area contributed by atoms with E-state index in [1.165, 1.54) is 19.4 Å². The van der Waals surface area contributed by atoms with Crippen LogP contribution in [0, 0.1) is 5.92 Å². The number of hydrogen-bond donors (Lipinski definition) is 5. The second-order valence-electron chi connectivity index (χ2n) is 4.73. The lowest BCUT2D eigenvalue weighted by Crippen LogP contribution is -2.63. The summed E-state index contributed by atoms with van der Waals surface area (Å²) in [5.74, 6) is -3.30. The van der Waals surface area contributed by atoms with Crippen molar-refractivity contribution in [2.24, 2.45) is 23.1 Å². The summed E-state index contributed by atoms with van der Waals surface area (Å²) in [6.45, 7) is 3.14. The van der Waals surface area contributed by atoms with Crippen molar-refractivity contribution >= 4 is 11.8 Å². The number of carboxylic acid groups (broad SMARTS) is 1. The van der Waals surface area contributed by atoms with Crippen LogP contribution in [0.15, 0.2) is 30.3 Å². The Bertz CT molecular complexity index is 461. The Balaban J connectivity index is 0.000000423. The minimum atomic E-state index is -2.13. The van der Waals surface area contributed by atoms with E-state index >= 15 is 0 Å². The Hall–Kier alpha value is -1.80. The Morgan fingerprint density at radius 3 is 1.95 bits per heavy atom. The maximum atomic E-state index is 11.1. The molecule has 2 unspecified atom stereocenters. The van der Waals surface area contributed by atoms with E-state index in [1.54, 1.807) is 0 Å². The van der Waals surface area contributed by atoms with Gasteiger partial charge in [0, 0.05) is 6.54 Å². The first-order valence-corrected chi connectivity index (χ1v) is 6.41. The van der Waals surface area contributed by atoms with Crippen LogP contribution in [0.5, 0.6) is 0 Å². The van der Waals surface area contributed by atoms with Gasteiger partial charge in [-0.25, -0.2) is 4.79 Å². The number of carbonyl (C=O) groups excluding carboxylic acids is 1. The first kappa shape index (κ1) is 19.2. The van der Waals surface area contributed by atoms with Crippen molar-refractivity contribution in [3.8, 4) is 0 Å². The van der Waals surface area contributed by atoms with Crippen molar-refractivity contribution in [2.75, 3.05) is 0 Å². The van der Waals surface area contributed by atoms with Gasteiger partial charge in [0.15, 0.2) is 11.4 Å². The molecule has 2 atom stereocenters. The monoisotopic (exact) mass is 297 g/mol. The first-order valence-electron chi connectivity index (χ1n) is 6.41. The fourth-order valence-corrected chi connectivity index (χ4v) is 1.40. The minimum absolute atomic E-state index is 0.640. The van der Waals surface area contributed by atoms with Crippen LogP contribution in [0.25, 0.3) is 0 Å². The zero-order chi connectivity index (χ0) is 16.6. The van der Waals surface area contributed by atoms with Gasteiger partial charge in [-0.05, 0) is 12.5 Å². The zero-order valence-electron chi connectivity index (χ0n) is 12.2. The Morgan fingerprint density at radius 2 is 1.67 bits per heavy atom. The van der Waals surface area contributed by atoms with Crippen LogP contribution in [0.1, 0.15) is 19.4 Å². The van der Waals surface area contributed by atoms with Crippen molar-refractivity contribution in [3.63, 3.8) is 0 Å². The second-order valence-corrected chi connectivity index (χ2v) is 4.73. The van der Waals surface area contributed by atoms with Gasteiger partial charge in [0.25, 0.3) is 0 Å². The molecule has 0 aromatic heterocycles. The van der Waals surface area contributed by atoms with Crippen LogP contribution in [-0.2, 0) is 16.1 Å². The molecule has 0 amide bonds. The number of Topliss-reactive ketones (excluding diaryl/α,β-unsaturated/α-hetero) is 1. The Labute approximate surface area is 123 Å². The number of benzene rings is 1. The summed E-state index contributed by atoms with van der Waals surface area (Å²) in [7, 11) is 0. The molecular weight excluding hydrogens is 274 g/mol. The maximum Gasteiger partial charge on any atom is 0.339 e. The van der Waals surface area contributed by atoms with E-state index in [-0.39, 0.29) is 0 Å². The molecular formula is C14H23N3O4. The van der Waals surface area contributed by atoms with Gasteiger partial charge in [0.1, 0.15) is 6.10 Å². The normalized spacial score (nSPS) is 13.6. The highest BCUT2D eigenvalue weighted by Gasteiger charge is 2.40. The molecule has 0 aliphatic carbocycles. The number of hydrogen-bond acceptors (Lipinski definition) is 6. The quantitative estimate of drug-likeness (QED) is 0.455. The van der Waals surface area contributed by atoms with E-state index in [0.717, 1.165) is 0 Å². The van der Waals surface area contributed by atoms with Crippen LogP contribution < -0.4 is 17.2 Å². The van der Waals surface area contributed by atoms with Gasteiger partial charge in [0.2, 0.25) is 0 Å². The van der Waals surface area contributed by atoms with Gasteiger partial charge in [-0.15, -0.1) is 0 Å². The van der Waals surface area contributed by atoms with Gasteiger partial charge in [0.05, 0.1) is 5.92 Å². The molecule has 0 saturated carbocycles. The van der Waals surface area contributed by atoms with Crippen molar-refractivity contribution in [2.45, 2.75) is 32.2 Å². The number of ketones is 1. The number of carboxylic acids is 1. The molecule has 0 fully saturated rings. The third-order valence-electron chi connectivity index (χ3n) is 3.00. The van der Waals surface area contributed by atoms with E-state index in [1.807, 2.05) is 30.3 Å². The summed E-state index contributed by atoms with van der Waals surface area (Å²) < 4.78 is 0. The summed E-state index contributed by atoms with van der Waals surface area (Å²) in [6, 6.07) is 9.99. The van der Waals surface area contributed by atoms with Crippen LogP contribution in [0.4, 0.5) is 0 Å². The van der Waals surface area contributed by atoms with E-state index in [9.17, 15) is 9.59 Å². The molecule has 0 spiro atoms. The van der Waals surface area contributed by atoms with E-state index in [0.29, 0.717) is 6.54 Å². The molecule has 118 valence electrons. The zero-order valence-corrected chi connectivity index (χ0v) is 12.2. The maximum absolute atomic E-state index is 11.1. The van der Waals surface area contributed by atoms with Crippen molar-refractivity contribution in [1.29, 1.82) is 0 Å². The molecule has 0 saturated heterocycles. The molecule has 8 N–H and O–H groups in total. The third-order valence-corrected chi connectivity index (χ3v) is 3.00. The fraction of sp³-hybridized carbons (Fsp3) is 0.429. The summed E-state index contributed by atoms with van der Waals surface area (Å²) in [6.07, 6.45) is -1.26. The number of aliphatic hydroxyl groups excluding tert-OH is 1. The number of aliphatic hydroxyl groups is 1. The molecule has 7 nitrogen and oxygen atoms in total. The third kappa shape index (κ3) is 6.01. The highest BCUT2D eigenvalue weighted by atomic mass is 16.4. The summed E-state index contributed by atoms with van der Waals surface area (Å²) >= 11 is 0. The van der Waals surface area contributed by atoms with Gasteiger partial charge in [-0.1, -0.05) is 37.3 Å². The molecule has 1 aromatic rings. The lowest BCUT2D eigenvalue weighted by atomic mass is 9.89. The largest absolute Gasteiger partial charge is 0.479 e. The molecule has 0 aliphatic rings. The smallest absolute Gasteiger partial charge is 0.339 e. The van der Waals surface area contributed by atoms with Crippen molar-refractivity contribution < 1.29 is 19.8 Å². The van der Waals surface area contributed by atoms with E-state index < -0.39 is 29.4 Å². The van der Waals surface area contributed by atoms with Gasteiger partial charge >= 0.3 is 5.97 Å². The average Bonchev–Trinajstić information content (AvgIpc) is 2.46. The minimum Gasteiger partial charge on any atom is -0.479 e. The van der Waals surface area contributed by atoms with E-state index in [4.69, 9.17) is 27.4 Å². The standard InChI is InChI=1S/C7H14N2O4.C7H9N/c1-3(5(11)4(2)10)7(8,9)6(12)13;8-6-7-4-2-1-3-5-7/h3-4,10H,8-9H2,1-2H3,(H,12,13);1-5H,6,8H2. The lowest BCUT2D eigenvalue weighted by Gasteiger charge is -2.26. The summed E-state index contributed by atoms with van der Waals surface area (Å²) in [5, 5.41) is 17.4. The average molecular weight is 297 g/mol. The van der Waals surface area contributed by atoms with Crippen LogP contribution >= 0.6 is 0 Å². The highest BCUT2D eigenvalue weighted by molar-refractivity contribution is 5.92. The predicted molar refractivity (Wildman–Crippen MR) is 78.9 cm³/mol. The first-order chi connectivity index (χ1) is 9.64. The van der Waals surface area contributed by atoms with Crippen molar-refractivity contribution in [3.05, 3.63) is 35.9 Å². The van der Waals surface area contributed by atoms with Crippen LogP contribution in [0.3, 0.4) is 0 Å². The Morgan fingerprint density at radius 1 is 1.19 bits per heavy atom. The number of rotatable bonds is 5. The van der Waals surface area contributed by atoms with Crippen LogP contribution in [0.2, 0.25) is 0 Å². The lowest BCUT2D eigenvalue weighted by molar-refractivity contribution is -0.149. The van der Waals surface area contributed by atoms with Crippen LogP contribution in [-0.4, -0.2) is 33.7 Å². The van der Waals surface area contributed by atoms with Gasteiger partial charge < -0.3 is 27.4 Å². The summed E-state index contributed by atoms with van der Waals surface area (Å²) in [5.41, 5.74) is 14.8. The SMILES string of the molecule is CC(O)C(=O)C(C)C(N)(N)C(=O)O.NCc1ccccc1. The highest BCUT2D eigenvalue weighted by Crippen LogP contribution is 2.12. The Kier molecular flexibility index (Phi) is 7.75.